The number of piperidine rings is 1. The van der Waals surface area contributed by atoms with Gasteiger partial charge in [0.05, 0.1) is 24.4 Å². The van der Waals surface area contributed by atoms with Crippen molar-refractivity contribution in [3.63, 3.8) is 0 Å². The molecule has 0 aromatic heterocycles. The fourth-order valence-electron chi connectivity index (χ4n) is 11.1. The minimum atomic E-state index is -2.49. The normalized spacial score (nSPS) is 39.9. The van der Waals surface area contributed by atoms with Crippen LogP contribution in [0.4, 0.5) is 0 Å². The summed E-state index contributed by atoms with van der Waals surface area (Å²) in [7, 11) is 4.84. The number of nitrogens with one attached hydrogen (secondary N) is 1. The molecule has 1 aliphatic carbocycles. The van der Waals surface area contributed by atoms with Gasteiger partial charge in [0.15, 0.2) is 0 Å². The predicted molar refractivity (Wildman–Crippen MR) is 240 cm³/mol. The molecule has 2 bridgehead atoms. The van der Waals surface area contributed by atoms with Crippen LogP contribution in [0.25, 0.3) is 0 Å². The summed E-state index contributed by atoms with van der Waals surface area (Å²) in [5, 5.41) is 27.7. The van der Waals surface area contributed by atoms with Crippen molar-refractivity contribution in [3.8, 4) is 0 Å². The summed E-state index contributed by atoms with van der Waals surface area (Å²) in [6.07, 6.45) is 8.34. The van der Waals surface area contributed by atoms with E-state index in [9.17, 15) is 29.4 Å². The summed E-state index contributed by atoms with van der Waals surface area (Å²) in [6, 6.07) is -0.888. The molecule has 5 aliphatic rings. The number of ketones is 2. The van der Waals surface area contributed by atoms with Crippen molar-refractivity contribution in [1.29, 1.82) is 0 Å². The number of methoxy groups -OCH3 is 3. The molecule has 0 spiro atoms. The van der Waals surface area contributed by atoms with E-state index in [1.807, 2.05) is 26.8 Å². The van der Waals surface area contributed by atoms with E-state index in [1.165, 1.54) is 17.7 Å². The summed E-state index contributed by atoms with van der Waals surface area (Å²) in [5.74, 6) is -7.20. The van der Waals surface area contributed by atoms with Gasteiger partial charge in [0.1, 0.15) is 24.0 Å². The van der Waals surface area contributed by atoms with E-state index in [0.29, 0.717) is 32.1 Å². The molecule has 4 aliphatic heterocycles. The maximum Gasteiger partial charge on any atom is 0.329 e. The zero-order valence-corrected chi connectivity index (χ0v) is 39.9. The summed E-state index contributed by atoms with van der Waals surface area (Å²) < 4.78 is 30.5. The molecule has 1 saturated carbocycles. The molecule has 0 aromatic rings. The van der Waals surface area contributed by atoms with Crippen molar-refractivity contribution in [2.45, 2.75) is 180 Å². The third kappa shape index (κ3) is 12.9. The van der Waals surface area contributed by atoms with Crippen molar-refractivity contribution in [1.82, 2.24) is 15.1 Å². The van der Waals surface area contributed by atoms with Crippen molar-refractivity contribution < 1.29 is 53.1 Å². The number of carbonyl (C=O) groups is 4. The molecule has 358 valence electrons. The molecule has 63 heavy (non-hydrogen) atoms. The molecule has 1 amide bonds. The number of aliphatic hydroxyl groups excluding tert-OH is 1. The molecule has 0 aromatic carbocycles. The number of hydrogen-bond acceptors (Lipinski definition) is 13. The highest BCUT2D eigenvalue weighted by atomic mass is 16.7. The number of carbonyl (C=O) groups excluding carboxylic acids is 4. The Balaban J connectivity index is 1.45. The first-order valence-electron chi connectivity index (χ1n) is 24.1. The fourth-order valence-corrected chi connectivity index (χ4v) is 11.1. The van der Waals surface area contributed by atoms with E-state index in [0.717, 1.165) is 56.6 Å². The summed E-state index contributed by atoms with van der Waals surface area (Å²) >= 11 is 0. The van der Waals surface area contributed by atoms with Crippen LogP contribution in [0.2, 0.25) is 0 Å². The Morgan fingerprint density at radius 3 is 2.24 bits per heavy atom. The zero-order chi connectivity index (χ0) is 46.0. The molecule has 14 heteroatoms. The fraction of sp³-hybridized carbons (Fsp3) is 0.837. The molecular weight excluding hydrogens is 807 g/mol. The SMILES string of the molecule is CCC1/C=C(\C)C[C@H](C)CC(OC)[C@H]2O[C@@](O)(C(=O)C(=O)N3CCCC[C@H]3C(=O)O[C@H](C(C)=C[C@@H]3CC[C@H](NCCN4CCCC4)[C@H](OC)C3)[C@H](C)C(O)CC1=O)[C@H](C)C[C@@H]2OC. The van der Waals surface area contributed by atoms with Gasteiger partial charge in [-0.05, 0) is 121 Å². The lowest BCUT2D eigenvalue weighted by atomic mass is 9.81. The number of esters is 1. The van der Waals surface area contributed by atoms with Gasteiger partial charge in [-0.2, -0.15) is 0 Å². The second kappa shape index (κ2) is 23.8. The number of nitrogens with zero attached hydrogens (tertiary/aromatic N) is 2. The topological polar surface area (TPSA) is 173 Å². The van der Waals surface area contributed by atoms with Crippen LogP contribution in [0.5, 0.6) is 0 Å². The summed E-state index contributed by atoms with van der Waals surface area (Å²) in [6.45, 7) is 15.7. The summed E-state index contributed by atoms with van der Waals surface area (Å²) in [5.41, 5.74) is 1.76. The number of aliphatic hydroxyl groups is 2. The third-order valence-corrected chi connectivity index (χ3v) is 15.0. The Morgan fingerprint density at radius 1 is 0.905 bits per heavy atom. The van der Waals surface area contributed by atoms with Crippen LogP contribution in [0.3, 0.4) is 0 Å². The Bertz CT molecular complexity index is 1600. The van der Waals surface area contributed by atoms with E-state index in [-0.39, 0.29) is 55.6 Å². The highest BCUT2D eigenvalue weighted by Gasteiger charge is 2.56. The van der Waals surface area contributed by atoms with Crippen LogP contribution in [0.1, 0.15) is 125 Å². The van der Waals surface area contributed by atoms with Crippen molar-refractivity contribution in [2.24, 2.45) is 29.6 Å². The van der Waals surface area contributed by atoms with Crippen LogP contribution in [-0.2, 0) is 42.9 Å². The molecule has 14 nitrogen and oxygen atoms in total. The molecule has 3 saturated heterocycles. The quantitative estimate of drug-likeness (QED) is 0.149. The van der Waals surface area contributed by atoms with Crippen LogP contribution < -0.4 is 5.32 Å². The standard InChI is InChI=1S/C49H81N3O11/c1-10-36-24-30(2)23-31(3)25-42(60-8)45-43(61-9)27-33(5)49(58,63-45)46(55)47(56)52-21-12-11-15-38(52)48(57)62-44(34(6)39(53)29-40(36)54)32(4)26-35-16-17-37(41(28-35)59-7)50-18-22-51-19-13-14-20-51/h24,26,31,33-39,41-45,50,53,58H,10-23,25,27-29H2,1-9H3/b30-24+,32-26?/t31-,33+,34+,35-,36?,37-,38-,39?,41+,42?,43-,44+,45+,49+/m0/s1. The zero-order valence-electron chi connectivity index (χ0n) is 39.9. The van der Waals surface area contributed by atoms with Crippen LogP contribution in [-0.4, -0.2) is 152 Å². The van der Waals surface area contributed by atoms with Gasteiger partial charge in [-0.3, -0.25) is 14.4 Å². The number of ether oxygens (including phenoxy) is 5. The number of amides is 1. The molecule has 0 radical (unpaired) electrons. The largest absolute Gasteiger partial charge is 0.456 e. The van der Waals surface area contributed by atoms with Gasteiger partial charge in [0.2, 0.25) is 5.79 Å². The van der Waals surface area contributed by atoms with Crippen molar-refractivity contribution in [3.05, 3.63) is 23.3 Å². The number of fused-ring (bicyclic) bond motifs is 3. The minimum absolute atomic E-state index is 0.0100. The van der Waals surface area contributed by atoms with Crippen LogP contribution >= 0.6 is 0 Å². The first-order chi connectivity index (χ1) is 30.0. The van der Waals surface area contributed by atoms with E-state index in [4.69, 9.17) is 23.7 Å². The number of rotatable bonds is 10. The molecule has 14 atom stereocenters. The van der Waals surface area contributed by atoms with Gasteiger partial charge < -0.3 is 49.0 Å². The van der Waals surface area contributed by atoms with Gasteiger partial charge in [-0.25, -0.2) is 4.79 Å². The van der Waals surface area contributed by atoms with Crippen molar-refractivity contribution >= 4 is 23.4 Å². The number of likely N-dealkylation sites (tertiary alicyclic amines) is 1. The number of cyclic esters (lactones) is 1. The van der Waals surface area contributed by atoms with Gasteiger partial charge in [0.25, 0.3) is 11.7 Å². The van der Waals surface area contributed by atoms with E-state index in [1.54, 1.807) is 35.2 Å². The Kier molecular flexibility index (Phi) is 19.4. The molecule has 5 rings (SSSR count). The maximum absolute atomic E-state index is 14.5. The molecule has 3 N–H and O–H groups in total. The second-order valence-electron chi connectivity index (χ2n) is 19.7. The smallest absolute Gasteiger partial charge is 0.329 e. The lowest BCUT2D eigenvalue weighted by Gasteiger charge is -2.47. The Labute approximate surface area is 377 Å². The molecule has 4 heterocycles. The van der Waals surface area contributed by atoms with E-state index in [2.05, 4.69) is 23.2 Å². The third-order valence-electron chi connectivity index (χ3n) is 15.0. The van der Waals surface area contributed by atoms with Gasteiger partial charge >= 0.3 is 5.97 Å². The Hall–Kier alpha value is -2.56. The Morgan fingerprint density at radius 2 is 1.57 bits per heavy atom. The number of allylic oxidation sites excluding steroid dienone is 3. The average molecular weight is 888 g/mol. The maximum atomic E-state index is 14.5. The van der Waals surface area contributed by atoms with Crippen LogP contribution in [0.15, 0.2) is 23.3 Å². The lowest BCUT2D eigenvalue weighted by Crippen LogP contribution is -2.64. The molecular formula is C49H81N3O11. The second-order valence-corrected chi connectivity index (χ2v) is 19.7. The highest BCUT2D eigenvalue weighted by molar-refractivity contribution is 6.39. The lowest BCUT2D eigenvalue weighted by molar-refractivity contribution is -0.302. The van der Waals surface area contributed by atoms with Crippen molar-refractivity contribution in [2.75, 3.05) is 54.1 Å². The van der Waals surface area contributed by atoms with E-state index < -0.39 is 77.8 Å². The van der Waals surface area contributed by atoms with Gasteiger partial charge in [-0.1, -0.05) is 45.4 Å². The highest BCUT2D eigenvalue weighted by Crippen LogP contribution is 2.39. The van der Waals surface area contributed by atoms with E-state index >= 15 is 0 Å². The van der Waals surface area contributed by atoms with Gasteiger partial charge in [0, 0.05) is 71.2 Å². The van der Waals surface area contributed by atoms with Crippen LogP contribution in [0, 0.1) is 29.6 Å². The molecule has 4 fully saturated rings. The first kappa shape index (κ1) is 51.4. The monoisotopic (exact) mass is 888 g/mol. The number of Topliss-reactive ketones (excluding diaryl/α,β-unsaturated/α-hetero) is 2. The first-order valence-corrected chi connectivity index (χ1v) is 24.1. The molecule has 3 unspecified atom stereocenters. The van der Waals surface area contributed by atoms with Gasteiger partial charge in [-0.15, -0.1) is 0 Å². The average Bonchev–Trinajstić information content (AvgIpc) is 3.80. The number of hydrogen-bond donors (Lipinski definition) is 3. The summed E-state index contributed by atoms with van der Waals surface area (Å²) in [4.78, 5) is 60.8. The minimum Gasteiger partial charge on any atom is -0.456 e. The predicted octanol–water partition coefficient (Wildman–Crippen LogP) is 5.17.